The standard InChI is InChI=1S/C22H46O4S.Na/c1-3-5-7-9-10-11-12-13-14-16-18-20-22(27(24,25)26)21(23)19-17-15-8-6-4-2;/h21-23H,3-20H2,1-2H3,(H,24,25,26);/q;+1/p-1. The normalized spacial score (nSPS) is 13.9. The van der Waals surface area contributed by atoms with E-state index in [2.05, 4.69) is 13.8 Å². The second kappa shape index (κ2) is 21.1. The van der Waals surface area contributed by atoms with E-state index in [4.69, 9.17) is 0 Å². The SMILES string of the molecule is CCCCCCCCCCCCCC(C(O)CCCCCCC)S(=O)(=O)[O-].[Na+]. The molecule has 2 unspecified atom stereocenters. The van der Waals surface area contributed by atoms with Crippen molar-refractivity contribution >= 4 is 10.1 Å². The molecule has 0 amide bonds. The van der Waals surface area contributed by atoms with Gasteiger partial charge in [-0.1, -0.05) is 117 Å². The molecule has 0 spiro atoms. The molecule has 0 saturated heterocycles. The van der Waals surface area contributed by atoms with Crippen molar-refractivity contribution in [1.82, 2.24) is 0 Å². The molecule has 0 fully saturated rings. The van der Waals surface area contributed by atoms with Crippen molar-refractivity contribution in [1.29, 1.82) is 0 Å². The van der Waals surface area contributed by atoms with Gasteiger partial charge in [0.25, 0.3) is 0 Å². The predicted molar refractivity (Wildman–Crippen MR) is 114 cm³/mol. The minimum atomic E-state index is -4.42. The van der Waals surface area contributed by atoms with Gasteiger partial charge in [-0.2, -0.15) is 0 Å². The number of hydrogen-bond donors (Lipinski definition) is 1. The van der Waals surface area contributed by atoms with E-state index in [1.807, 2.05) is 0 Å². The molecule has 1 N–H and O–H groups in total. The maximum Gasteiger partial charge on any atom is 1.00 e. The van der Waals surface area contributed by atoms with Crippen LogP contribution in [0.2, 0.25) is 0 Å². The summed E-state index contributed by atoms with van der Waals surface area (Å²) in [4.78, 5) is 0. The molecule has 0 aromatic heterocycles. The molecule has 0 rings (SSSR count). The summed E-state index contributed by atoms with van der Waals surface area (Å²) in [6.07, 6.45) is 18.1. The van der Waals surface area contributed by atoms with Gasteiger partial charge in [-0.15, -0.1) is 0 Å². The first-order valence-electron chi connectivity index (χ1n) is 11.6. The summed E-state index contributed by atoms with van der Waals surface area (Å²) >= 11 is 0. The van der Waals surface area contributed by atoms with Crippen LogP contribution in [0.15, 0.2) is 0 Å². The zero-order valence-corrected chi connectivity index (χ0v) is 21.8. The molecule has 164 valence electrons. The molecule has 28 heavy (non-hydrogen) atoms. The fraction of sp³-hybridized carbons (Fsp3) is 1.00. The topological polar surface area (TPSA) is 77.4 Å². The van der Waals surface area contributed by atoms with E-state index in [1.165, 1.54) is 51.4 Å². The van der Waals surface area contributed by atoms with Crippen molar-refractivity contribution in [2.75, 3.05) is 0 Å². The summed E-state index contributed by atoms with van der Waals surface area (Å²) in [7, 11) is -4.42. The van der Waals surface area contributed by atoms with Gasteiger partial charge in [-0.3, -0.25) is 0 Å². The Morgan fingerprint density at radius 2 is 0.964 bits per heavy atom. The fourth-order valence-corrected chi connectivity index (χ4v) is 4.66. The van der Waals surface area contributed by atoms with Crippen LogP contribution in [-0.2, 0) is 10.1 Å². The summed E-state index contributed by atoms with van der Waals surface area (Å²) in [5.41, 5.74) is 0. The number of rotatable bonds is 20. The molecule has 0 bridgehead atoms. The number of aliphatic hydroxyl groups excluding tert-OH is 1. The van der Waals surface area contributed by atoms with E-state index in [0.717, 1.165) is 51.4 Å². The minimum absolute atomic E-state index is 0. The Morgan fingerprint density at radius 1 is 0.643 bits per heavy atom. The van der Waals surface area contributed by atoms with Crippen molar-refractivity contribution in [3.05, 3.63) is 0 Å². The largest absolute Gasteiger partial charge is 1.00 e. The Morgan fingerprint density at radius 3 is 1.32 bits per heavy atom. The molecular weight excluding hydrogens is 383 g/mol. The third kappa shape index (κ3) is 18.9. The summed E-state index contributed by atoms with van der Waals surface area (Å²) < 4.78 is 34.5. The number of hydrogen-bond acceptors (Lipinski definition) is 4. The third-order valence-electron chi connectivity index (χ3n) is 5.50. The zero-order chi connectivity index (χ0) is 20.4. The van der Waals surface area contributed by atoms with Crippen molar-refractivity contribution in [3.63, 3.8) is 0 Å². The van der Waals surface area contributed by atoms with Crippen LogP contribution in [-0.4, -0.2) is 29.4 Å². The van der Waals surface area contributed by atoms with Crippen LogP contribution in [0.4, 0.5) is 0 Å². The first-order chi connectivity index (χ1) is 12.9. The van der Waals surface area contributed by atoms with Gasteiger partial charge in [0.2, 0.25) is 0 Å². The molecule has 0 saturated carbocycles. The molecule has 0 aliphatic carbocycles. The van der Waals surface area contributed by atoms with Gasteiger partial charge in [0, 0.05) is 0 Å². The average Bonchev–Trinajstić information content (AvgIpc) is 2.61. The minimum Gasteiger partial charge on any atom is -0.748 e. The molecule has 0 radical (unpaired) electrons. The van der Waals surface area contributed by atoms with Gasteiger partial charge in [-0.05, 0) is 12.8 Å². The van der Waals surface area contributed by atoms with Gasteiger partial charge in [0.15, 0.2) is 0 Å². The molecule has 0 heterocycles. The summed E-state index contributed by atoms with van der Waals surface area (Å²) in [6, 6.07) is 0. The van der Waals surface area contributed by atoms with Gasteiger partial charge < -0.3 is 9.66 Å². The number of unbranched alkanes of at least 4 members (excludes halogenated alkanes) is 14. The van der Waals surface area contributed by atoms with Crippen LogP contribution < -0.4 is 29.6 Å². The maximum atomic E-state index is 11.5. The summed E-state index contributed by atoms with van der Waals surface area (Å²) in [6.45, 7) is 4.37. The van der Waals surface area contributed by atoms with Crippen molar-refractivity contribution in [2.45, 2.75) is 141 Å². The Kier molecular flexibility index (Phi) is 23.4. The first-order valence-corrected chi connectivity index (χ1v) is 13.0. The van der Waals surface area contributed by atoms with Crippen LogP contribution >= 0.6 is 0 Å². The third-order valence-corrected chi connectivity index (χ3v) is 6.79. The van der Waals surface area contributed by atoms with Crippen LogP contribution in [0.25, 0.3) is 0 Å². The van der Waals surface area contributed by atoms with E-state index < -0.39 is 21.5 Å². The Bertz CT molecular complexity index is 415. The van der Waals surface area contributed by atoms with Crippen molar-refractivity contribution in [2.24, 2.45) is 0 Å². The van der Waals surface area contributed by atoms with Gasteiger partial charge >= 0.3 is 29.6 Å². The smallest absolute Gasteiger partial charge is 0.748 e. The Hall–Kier alpha value is 0.870. The van der Waals surface area contributed by atoms with Crippen LogP contribution in [0.5, 0.6) is 0 Å². The first kappa shape index (κ1) is 31.1. The summed E-state index contributed by atoms with van der Waals surface area (Å²) in [5.74, 6) is 0. The Labute approximate surface area is 197 Å². The van der Waals surface area contributed by atoms with E-state index in [9.17, 15) is 18.1 Å². The van der Waals surface area contributed by atoms with E-state index in [0.29, 0.717) is 12.8 Å². The van der Waals surface area contributed by atoms with Crippen LogP contribution in [0, 0.1) is 0 Å². The molecule has 6 heteroatoms. The molecule has 0 aliphatic heterocycles. The molecule has 4 nitrogen and oxygen atoms in total. The number of aliphatic hydroxyl groups is 1. The zero-order valence-electron chi connectivity index (χ0n) is 19.0. The Balaban J connectivity index is 0. The molecule has 0 aliphatic rings. The molecule has 0 aromatic rings. The second-order valence-electron chi connectivity index (χ2n) is 8.13. The predicted octanol–water partition coefficient (Wildman–Crippen LogP) is 3.33. The van der Waals surface area contributed by atoms with Gasteiger partial charge in [-0.25, -0.2) is 8.42 Å². The molecule has 2 atom stereocenters. The van der Waals surface area contributed by atoms with E-state index >= 15 is 0 Å². The molecular formula is C22H45NaO4S. The average molecular weight is 429 g/mol. The van der Waals surface area contributed by atoms with Crippen molar-refractivity contribution < 1.29 is 47.6 Å². The van der Waals surface area contributed by atoms with E-state index in [1.54, 1.807) is 0 Å². The maximum absolute atomic E-state index is 11.5. The molecule has 0 aromatic carbocycles. The van der Waals surface area contributed by atoms with Crippen LogP contribution in [0.1, 0.15) is 129 Å². The quantitative estimate of drug-likeness (QED) is 0.183. The second-order valence-corrected chi connectivity index (χ2v) is 9.72. The van der Waals surface area contributed by atoms with E-state index in [-0.39, 0.29) is 29.6 Å². The fourth-order valence-electron chi connectivity index (χ4n) is 3.68. The van der Waals surface area contributed by atoms with Crippen LogP contribution in [0.3, 0.4) is 0 Å². The van der Waals surface area contributed by atoms with Gasteiger partial charge in [0.1, 0.15) is 10.1 Å². The van der Waals surface area contributed by atoms with Crippen molar-refractivity contribution in [3.8, 4) is 0 Å². The summed E-state index contributed by atoms with van der Waals surface area (Å²) in [5, 5.41) is 9.06. The van der Waals surface area contributed by atoms with Gasteiger partial charge in [0.05, 0.1) is 11.4 Å². The monoisotopic (exact) mass is 428 g/mol.